The topological polar surface area (TPSA) is 204 Å². The molecule has 4 rings (SSSR count). The standard InChI is InChI=1S/C24H32N2O10/c27-9-15-17(29)19(31)21(33)23(35-15)25-13-5-1-11(2-6-13)12-3-7-14(8-4-12)26-24-22(34)20(32)18(30)16(10-28)36-24/h1-8,15-34H,9-10H2/t15-,16-,17+,18+,19+,20+,21-,22+,23-,24-/m0/s1. The number of benzene rings is 2. The lowest BCUT2D eigenvalue weighted by Crippen LogP contribution is -2.60. The van der Waals surface area contributed by atoms with Gasteiger partial charge in [-0.3, -0.25) is 0 Å². The third-order valence-corrected chi connectivity index (χ3v) is 6.51. The van der Waals surface area contributed by atoms with Gasteiger partial charge >= 0.3 is 0 Å². The number of nitrogens with one attached hydrogen (secondary N) is 2. The summed E-state index contributed by atoms with van der Waals surface area (Å²) >= 11 is 0. The van der Waals surface area contributed by atoms with E-state index in [2.05, 4.69) is 10.6 Å². The average Bonchev–Trinajstić information content (AvgIpc) is 2.90. The van der Waals surface area contributed by atoms with Crippen LogP contribution in [0.2, 0.25) is 0 Å². The van der Waals surface area contributed by atoms with Crippen molar-refractivity contribution in [3.05, 3.63) is 48.5 Å². The van der Waals surface area contributed by atoms with Crippen molar-refractivity contribution in [2.24, 2.45) is 0 Å². The molecule has 2 saturated heterocycles. The molecule has 0 aromatic heterocycles. The highest BCUT2D eigenvalue weighted by Gasteiger charge is 2.44. The van der Waals surface area contributed by atoms with E-state index in [0.717, 1.165) is 11.1 Å². The minimum absolute atomic E-state index is 0.511. The fourth-order valence-corrected chi connectivity index (χ4v) is 4.29. The zero-order chi connectivity index (χ0) is 26.0. The summed E-state index contributed by atoms with van der Waals surface area (Å²) in [6.07, 6.45) is -12.7. The number of aliphatic hydroxyl groups is 8. The molecule has 0 bridgehead atoms. The molecule has 2 aromatic carbocycles. The van der Waals surface area contributed by atoms with E-state index in [0.29, 0.717) is 11.4 Å². The predicted octanol–water partition coefficient (Wildman–Crippen LogP) is -2.22. The predicted molar refractivity (Wildman–Crippen MR) is 127 cm³/mol. The lowest BCUT2D eigenvalue weighted by atomic mass is 9.98. The van der Waals surface area contributed by atoms with Crippen molar-refractivity contribution in [2.45, 2.75) is 61.3 Å². The molecule has 0 saturated carbocycles. The Morgan fingerprint density at radius 3 is 1.14 bits per heavy atom. The largest absolute Gasteiger partial charge is 0.394 e. The van der Waals surface area contributed by atoms with Gasteiger partial charge < -0.3 is 61.0 Å². The van der Waals surface area contributed by atoms with Gasteiger partial charge in [-0.25, -0.2) is 0 Å². The first-order valence-electron chi connectivity index (χ1n) is 11.6. The molecule has 10 N–H and O–H groups in total. The normalized spacial score (nSPS) is 36.9. The summed E-state index contributed by atoms with van der Waals surface area (Å²) in [5.74, 6) is 0. The quantitative estimate of drug-likeness (QED) is 0.193. The van der Waals surface area contributed by atoms with E-state index in [1.165, 1.54) is 0 Å². The molecule has 10 atom stereocenters. The van der Waals surface area contributed by atoms with Crippen molar-refractivity contribution >= 4 is 11.4 Å². The van der Waals surface area contributed by atoms with Gasteiger partial charge in [-0.2, -0.15) is 0 Å². The highest BCUT2D eigenvalue weighted by molar-refractivity contribution is 5.68. The number of anilines is 2. The molecule has 12 nitrogen and oxygen atoms in total. The van der Waals surface area contributed by atoms with Gasteiger partial charge in [0.1, 0.15) is 48.8 Å². The second-order valence-corrected chi connectivity index (χ2v) is 8.94. The molecule has 0 radical (unpaired) electrons. The maximum atomic E-state index is 10.2. The van der Waals surface area contributed by atoms with Gasteiger partial charge in [-0.15, -0.1) is 0 Å². The van der Waals surface area contributed by atoms with Gasteiger partial charge in [0.15, 0.2) is 12.5 Å². The lowest BCUT2D eigenvalue weighted by Gasteiger charge is -2.40. The summed E-state index contributed by atoms with van der Waals surface area (Å²) in [7, 11) is 0. The van der Waals surface area contributed by atoms with Gasteiger partial charge in [0.25, 0.3) is 0 Å². The van der Waals surface area contributed by atoms with Crippen LogP contribution in [0.1, 0.15) is 0 Å². The molecule has 0 aliphatic carbocycles. The third kappa shape index (κ3) is 5.48. The molecular weight excluding hydrogens is 476 g/mol. The van der Waals surface area contributed by atoms with Gasteiger partial charge in [-0.05, 0) is 35.4 Å². The first-order valence-corrected chi connectivity index (χ1v) is 11.6. The van der Waals surface area contributed by atoms with Crippen LogP contribution >= 0.6 is 0 Å². The van der Waals surface area contributed by atoms with Crippen LogP contribution in [-0.4, -0.2) is 115 Å². The maximum absolute atomic E-state index is 10.2. The van der Waals surface area contributed by atoms with E-state index in [9.17, 15) is 40.9 Å². The third-order valence-electron chi connectivity index (χ3n) is 6.51. The molecule has 0 spiro atoms. The fourth-order valence-electron chi connectivity index (χ4n) is 4.29. The van der Waals surface area contributed by atoms with Gasteiger partial charge in [0, 0.05) is 11.4 Å². The Balaban J connectivity index is 1.38. The minimum Gasteiger partial charge on any atom is -0.394 e. The molecule has 36 heavy (non-hydrogen) atoms. The van der Waals surface area contributed by atoms with E-state index < -0.39 is 74.5 Å². The van der Waals surface area contributed by atoms with Crippen LogP contribution < -0.4 is 10.6 Å². The van der Waals surface area contributed by atoms with Crippen LogP contribution in [0.25, 0.3) is 11.1 Å². The summed E-state index contributed by atoms with van der Waals surface area (Å²) in [4.78, 5) is 0. The van der Waals surface area contributed by atoms with Crippen LogP contribution in [0.5, 0.6) is 0 Å². The molecule has 0 unspecified atom stereocenters. The van der Waals surface area contributed by atoms with Crippen LogP contribution in [-0.2, 0) is 9.47 Å². The molecule has 2 aliphatic rings. The van der Waals surface area contributed by atoms with E-state index >= 15 is 0 Å². The summed E-state index contributed by atoms with van der Waals surface area (Å²) in [5.41, 5.74) is 2.91. The van der Waals surface area contributed by atoms with Crippen LogP contribution in [0.4, 0.5) is 11.4 Å². The molecule has 2 heterocycles. The number of hydrogen-bond acceptors (Lipinski definition) is 12. The van der Waals surface area contributed by atoms with E-state index in [1.807, 2.05) is 24.3 Å². The zero-order valence-electron chi connectivity index (χ0n) is 19.2. The van der Waals surface area contributed by atoms with Crippen molar-refractivity contribution in [1.82, 2.24) is 0 Å². The Morgan fingerprint density at radius 2 is 0.833 bits per heavy atom. The number of hydrogen-bond donors (Lipinski definition) is 10. The Morgan fingerprint density at radius 1 is 0.500 bits per heavy atom. The first kappa shape index (κ1) is 26.7. The van der Waals surface area contributed by atoms with Gasteiger partial charge in [0.05, 0.1) is 13.2 Å². The van der Waals surface area contributed by atoms with E-state index in [4.69, 9.17) is 9.47 Å². The van der Waals surface area contributed by atoms with Crippen LogP contribution in [0, 0.1) is 0 Å². The van der Waals surface area contributed by atoms with Gasteiger partial charge in [-0.1, -0.05) is 24.3 Å². The summed E-state index contributed by atoms with van der Waals surface area (Å²) in [6.45, 7) is -1.02. The number of ether oxygens (including phenoxy) is 2. The second-order valence-electron chi connectivity index (χ2n) is 8.94. The monoisotopic (exact) mass is 508 g/mol. The first-order chi connectivity index (χ1) is 17.2. The second kappa shape index (κ2) is 11.4. The van der Waals surface area contributed by atoms with E-state index in [-0.39, 0.29) is 0 Å². The number of rotatable bonds is 7. The lowest BCUT2D eigenvalue weighted by molar-refractivity contribution is -0.221. The molecule has 0 amide bonds. The van der Waals surface area contributed by atoms with Crippen molar-refractivity contribution in [3.8, 4) is 11.1 Å². The van der Waals surface area contributed by atoms with E-state index in [1.54, 1.807) is 24.3 Å². The van der Waals surface area contributed by atoms with Crippen molar-refractivity contribution in [1.29, 1.82) is 0 Å². The Bertz CT molecular complexity index is 894. The molecule has 2 fully saturated rings. The highest BCUT2D eigenvalue weighted by atomic mass is 16.6. The highest BCUT2D eigenvalue weighted by Crippen LogP contribution is 2.28. The SMILES string of the molecule is OC[C@@H]1O[C@H](Nc2ccc(-c3ccc(N[C@H]4O[C@@H](CO)[C@@H](O)[C@@H](O)[C@H]4O)cc3)cc2)[C@@H](O)[C@H](O)[C@@H]1O. The summed E-state index contributed by atoms with van der Waals surface area (Å²) < 4.78 is 10.9. The smallest absolute Gasteiger partial charge is 0.157 e. The molecule has 12 heteroatoms. The maximum Gasteiger partial charge on any atom is 0.157 e. The zero-order valence-corrected chi connectivity index (χ0v) is 19.2. The molecule has 198 valence electrons. The van der Waals surface area contributed by atoms with Crippen molar-refractivity contribution in [3.63, 3.8) is 0 Å². The van der Waals surface area contributed by atoms with Gasteiger partial charge in [0.2, 0.25) is 0 Å². The number of aliphatic hydroxyl groups excluding tert-OH is 8. The Hall–Kier alpha value is -2.36. The van der Waals surface area contributed by atoms with Crippen LogP contribution in [0.15, 0.2) is 48.5 Å². The minimum atomic E-state index is -1.47. The van der Waals surface area contributed by atoms with Crippen molar-refractivity contribution < 1.29 is 50.3 Å². The summed E-state index contributed by atoms with van der Waals surface area (Å²) in [5, 5.41) is 84.6. The fraction of sp³-hybridized carbons (Fsp3) is 0.500. The molecule has 2 aliphatic heterocycles. The molecule has 2 aromatic rings. The summed E-state index contributed by atoms with van der Waals surface area (Å²) in [6, 6.07) is 14.3. The van der Waals surface area contributed by atoms with Crippen molar-refractivity contribution in [2.75, 3.05) is 23.8 Å². The van der Waals surface area contributed by atoms with Crippen LogP contribution in [0.3, 0.4) is 0 Å². The Labute approximate surface area is 207 Å². The molecular formula is C24H32N2O10. The average molecular weight is 509 g/mol. The Kier molecular flexibility index (Phi) is 8.42.